The van der Waals surface area contributed by atoms with Crippen LogP contribution in [0.3, 0.4) is 0 Å². The van der Waals surface area contributed by atoms with Crippen LogP contribution in [0.5, 0.6) is 0 Å². The summed E-state index contributed by atoms with van der Waals surface area (Å²) in [7, 11) is 0. The van der Waals surface area contributed by atoms with Crippen molar-refractivity contribution in [3.05, 3.63) is 71.3 Å². The third kappa shape index (κ3) is 3.27. The Bertz CT molecular complexity index is 1030. The molecule has 2 aromatic heterocycles. The predicted molar refractivity (Wildman–Crippen MR) is 97.0 cm³/mol. The summed E-state index contributed by atoms with van der Waals surface area (Å²) in [4.78, 5) is 16.5. The number of hydrogen-bond donors (Lipinski definition) is 3. The normalized spacial score (nSPS) is 10.2. The number of rotatable bonds is 3. The fourth-order valence-corrected chi connectivity index (χ4v) is 2.43. The Hall–Kier alpha value is -3.99. The van der Waals surface area contributed by atoms with Crippen LogP contribution in [0.2, 0.25) is 0 Å². The topological polar surface area (TPSA) is 133 Å². The summed E-state index contributed by atoms with van der Waals surface area (Å²) in [6.07, 6.45) is 4.55. The highest BCUT2D eigenvalue weighted by Gasteiger charge is 2.14. The lowest BCUT2D eigenvalue weighted by Gasteiger charge is -2.11. The van der Waals surface area contributed by atoms with Gasteiger partial charge >= 0.3 is 0 Å². The first-order valence-electron chi connectivity index (χ1n) is 7.66. The number of aromatic nitrogens is 3. The zero-order chi connectivity index (χ0) is 18.7. The van der Waals surface area contributed by atoms with Crippen molar-refractivity contribution >= 4 is 23.1 Å². The number of amides is 1. The number of aryl methyl sites for hydroxylation is 1. The van der Waals surface area contributed by atoms with E-state index >= 15 is 0 Å². The van der Waals surface area contributed by atoms with Gasteiger partial charge in [0.25, 0.3) is 5.91 Å². The van der Waals surface area contributed by atoms with Crippen molar-refractivity contribution in [1.82, 2.24) is 14.8 Å². The molecule has 128 valence electrons. The molecule has 1 aromatic carbocycles. The molecule has 0 bridgehead atoms. The highest BCUT2D eigenvalue weighted by Crippen LogP contribution is 2.20. The van der Waals surface area contributed by atoms with Crippen LogP contribution in [0.4, 0.5) is 11.4 Å². The smallest absolute Gasteiger partial charge is 0.274 e. The Labute approximate surface area is 149 Å². The summed E-state index contributed by atoms with van der Waals surface area (Å²) in [5, 5.41) is 23.8. The van der Waals surface area contributed by atoms with Crippen LogP contribution in [-0.2, 0) is 0 Å². The van der Waals surface area contributed by atoms with Crippen molar-refractivity contribution in [1.29, 1.82) is 10.7 Å². The molecule has 3 aromatic rings. The molecule has 1 amide bonds. The SMILES string of the molecule is Cc1cc(C#N)cnc1C(=O)Nc1ccc(N)c(C(=N)n2cccn2)c1. The van der Waals surface area contributed by atoms with Gasteiger partial charge in [0.1, 0.15) is 11.8 Å². The minimum Gasteiger partial charge on any atom is -0.398 e. The molecule has 26 heavy (non-hydrogen) atoms. The molecule has 2 heterocycles. The summed E-state index contributed by atoms with van der Waals surface area (Å²) in [6, 6.07) is 10.2. The minimum atomic E-state index is -0.409. The van der Waals surface area contributed by atoms with Crippen LogP contribution in [-0.4, -0.2) is 26.5 Å². The molecule has 0 fully saturated rings. The number of nitrogen functional groups attached to an aromatic ring is 1. The van der Waals surface area contributed by atoms with Crippen LogP contribution in [0, 0.1) is 23.7 Å². The highest BCUT2D eigenvalue weighted by molar-refractivity contribution is 6.06. The zero-order valence-electron chi connectivity index (χ0n) is 13.9. The van der Waals surface area contributed by atoms with E-state index in [1.165, 1.54) is 10.9 Å². The molecule has 0 aliphatic carbocycles. The summed E-state index contributed by atoms with van der Waals surface area (Å²) in [5.41, 5.74) is 8.49. The zero-order valence-corrected chi connectivity index (χ0v) is 13.9. The average Bonchev–Trinajstić information content (AvgIpc) is 3.17. The molecule has 0 saturated heterocycles. The highest BCUT2D eigenvalue weighted by atomic mass is 16.1. The van der Waals surface area contributed by atoms with Crippen molar-refractivity contribution in [2.45, 2.75) is 6.92 Å². The molecule has 0 saturated carbocycles. The maximum absolute atomic E-state index is 12.5. The maximum atomic E-state index is 12.5. The van der Waals surface area contributed by atoms with Crippen molar-refractivity contribution < 1.29 is 4.79 Å². The second kappa shape index (κ2) is 6.86. The lowest BCUT2D eigenvalue weighted by molar-refractivity contribution is 0.102. The third-order valence-corrected chi connectivity index (χ3v) is 3.72. The molecule has 0 unspecified atom stereocenters. The molecular formula is C18H15N7O. The largest absolute Gasteiger partial charge is 0.398 e. The Balaban J connectivity index is 1.87. The van der Waals surface area contributed by atoms with Crippen molar-refractivity contribution in [3.8, 4) is 6.07 Å². The molecule has 0 aliphatic heterocycles. The molecule has 3 rings (SSSR count). The second-order valence-corrected chi connectivity index (χ2v) is 5.56. The predicted octanol–water partition coefficient (Wildman–Crippen LogP) is 2.17. The third-order valence-electron chi connectivity index (χ3n) is 3.72. The number of pyridine rings is 1. The second-order valence-electron chi connectivity index (χ2n) is 5.56. The summed E-state index contributed by atoms with van der Waals surface area (Å²) < 4.78 is 1.38. The Morgan fingerprint density at radius 2 is 2.19 bits per heavy atom. The number of nitrogens with two attached hydrogens (primary N) is 1. The Morgan fingerprint density at radius 3 is 2.85 bits per heavy atom. The standard InChI is InChI=1S/C18H15N7O/c1-11-7-12(9-19)10-22-16(11)18(26)24-13-3-4-15(20)14(8-13)17(21)25-6-2-5-23-25/h2-8,10,21H,20H2,1H3,(H,24,26). The average molecular weight is 345 g/mol. The molecular weight excluding hydrogens is 330 g/mol. The van der Waals surface area contributed by atoms with Gasteiger partial charge in [-0.1, -0.05) is 0 Å². The van der Waals surface area contributed by atoms with Crippen LogP contribution >= 0.6 is 0 Å². The van der Waals surface area contributed by atoms with E-state index in [-0.39, 0.29) is 11.5 Å². The number of carbonyl (C=O) groups is 1. The van der Waals surface area contributed by atoms with Gasteiger partial charge in [-0.2, -0.15) is 10.4 Å². The van der Waals surface area contributed by atoms with E-state index in [2.05, 4.69) is 15.4 Å². The fourth-order valence-electron chi connectivity index (χ4n) is 2.43. The van der Waals surface area contributed by atoms with Gasteiger partial charge in [0.15, 0.2) is 5.84 Å². The van der Waals surface area contributed by atoms with E-state index in [0.717, 1.165) is 0 Å². The number of nitriles is 1. The van der Waals surface area contributed by atoms with Gasteiger partial charge in [-0.15, -0.1) is 0 Å². The summed E-state index contributed by atoms with van der Waals surface area (Å²) in [5.74, 6) is -0.315. The van der Waals surface area contributed by atoms with Crippen LogP contribution in [0.25, 0.3) is 0 Å². The Morgan fingerprint density at radius 1 is 1.38 bits per heavy atom. The number of benzene rings is 1. The summed E-state index contributed by atoms with van der Waals surface area (Å²) >= 11 is 0. The molecule has 8 heteroatoms. The van der Waals surface area contributed by atoms with E-state index in [9.17, 15) is 4.79 Å². The number of nitrogens with one attached hydrogen (secondary N) is 2. The minimum absolute atomic E-state index is 0.0938. The molecule has 8 nitrogen and oxygen atoms in total. The van der Waals surface area contributed by atoms with E-state index in [1.54, 1.807) is 49.6 Å². The first-order valence-corrected chi connectivity index (χ1v) is 7.66. The quantitative estimate of drug-likeness (QED) is 0.380. The van der Waals surface area contributed by atoms with Crippen LogP contribution < -0.4 is 11.1 Å². The van der Waals surface area contributed by atoms with Crippen LogP contribution in [0.1, 0.15) is 27.2 Å². The molecule has 0 aliphatic rings. The number of hydrogen-bond acceptors (Lipinski definition) is 6. The van der Waals surface area contributed by atoms with E-state index in [1.807, 2.05) is 6.07 Å². The molecule has 0 radical (unpaired) electrons. The lowest BCUT2D eigenvalue weighted by Crippen LogP contribution is -2.18. The maximum Gasteiger partial charge on any atom is 0.274 e. The van der Waals surface area contributed by atoms with Gasteiger partial charge in [0, 0.05) is 35.5 Å². The lowest BCUT2D eigenvalue weighted by atomic mass is 10.1. The van der Waals surface area contributed by atoms with Gasteiger partial charge in [-0.25, -0.2) is 9.67 Å². The van der Waals surface area contributed by atoms with E-state index in [0.29, 0.717) is 28.1 Å². The first-order chi connectivity index (χ1) is 12.5. The van der Waals surface area contributed by atoms with Crippen molar-refractivity contribution in [2.75, 3.05) is 11.1 Å². The van der Waals surface area contributed by atoms with Crippen molar-refractivity contribution in [2.24, 2.45) is 0 Å². The molecule has 0 spiro atoms. The number of nitrogens with zero attached hydrogens (tertiary/aromatic N) is 4. The summed E-state index contributed by atoms with van der Waals surface area (Å²) in [6.45, 7) is 1.71. The van der Waals surface area contributed by atoms with E-state index < -0.39 is 5.91 Å². The van der Waals surface area contributed by atoms with Gasteiger partial charge in [-0.05, 0) is 42.8 Å². The number of anilines is 2. The first kappa shape index (κ1) is 16.9. The molecule has 4 N–H and O–H groups in total. The van der Waals surface area contributed by atoms with E-state index in [4.69, 9.17) is 16.4 Å². The van der Waals surface area contributed by atoms with Gasteiger partial charge in [0.05, 0.1) is 5.56 Å². The van der Waals surface area contributed by atoms with Gasteiger partial charge < -0.3 is 11.1 Å². The van der Waals surface area contributed by atoms with Crippen molar-refractivity contribution in [3.63, 3.8) is 0 Å². The fraction of sp³-hybridized carbons (Fsp3) is 0.0556. The van der Waals surface area contributed by atoms with Gasteiger partial charge in [0.2, 0.25) is 0 Å². The Kier molecular flexibility index (Phi) is 4.45. The molecule has 0 atom stereocenters. The number of carbonyl (C=O) groups excluding carboxylic acids is 1. The van der Waals surface area contributed by atoms with Gasteiger partial charge in [-0.3, -0.25) is 10.2 Å². The van der Waals surface area contributed by atoms with Crippen LogP contribution in [0.15, 0.2) is 48.9 Å². The monoisotopic (exact) mass is 345 g/mol.